The van der Waals surface area contributed by atoms with Gasteiger partial charge in [-0.2, -0.15) is 8.78 Å². The lowest BCUT2D eigenvalue weighted by Crippen LogP contribution is -2.44. The Kier molecular flexibility index (Phi) is 2.67. The smallest absolute Gasteiger partial charge is 0.343 e. The van der Waals surface area contributed by atoms with E-state index in [-0.39, 0.29) is 0 Å². The maximum absolute atomic E-state index is 12.4. The number of amides is 1. The third-order valence-electron chi connectivity index (χ3n) is 1.12. The first-order chi connectivity index (χ1) is 4.80. The van der Waals surface area contributed by atoms with Crippen LogP contribution in [0.25, 0.3) is 0 Å². The molecule has 0 unspecified atom stereocenters. The molecule has 64 valence electrons. The second-order valence-electron chi connectivity index (χ2n) is 2.33. The van der Waals surface area contributed by atoms with E-state index in [1.807, 2.05) is 0 Å². The van der Waals surface area contributed by atoms with E-state index in [0.29, 0.717) is 11.8 Å². The van der Waals surface area contributed by atoms with Gasteiger partial charge in [-0.25, -0.2) is 0 Å². The molecule has 1 amide bonds. The zero-order valence-electron chi connectivity index (χ0n) is 6.52. The first kappa shape index (κ1) is 10.0. The maximum atomic E-state index is 12.4. The van der Waals surface area contributed by atoms with Gasteiger partial charge in [-0.1, -0.05) is 0 Å². The van der Waals surface area contributed by atoms with Gasteiger partial charge in [-0.3, -0.25) is 9.59 Å². The summed E-state index contributed by atoms with van der Waals surface area (Å²) in [6.45, 7) is 0.682. The Balaban J connectivity index is 4.56. The van der Waals surface area contributed by atoms with Crippen molar-refractivity contribution >= 4 is 11.7 Å². The minimum absolute atomic E-state index is 0.682. The van der Waals surface area contributed by atoms with Gasteiger partial charge in [-0.15, -0.1) is 0 Å². The molecule has 0 saturated carbocycles. The van der Waals surface area contributed by atoms with Crippen LogP contribution < -0.4 is 0 Å². The molecule has 0 radical (unpaired) electrons. The SMILES string of the molecule is CC(=O)C(F)(F)C(=O)N(C)C. The lowest BCUT2D eigenvalue weighted by atomic mass is 10.2. The molecule has 0 atom stereocenters. The normalized spacial score (nSPS) is 11.0. The van der Waals surface area contributed by atoms with Crippen LogP contribution in [0.15, 0.2) is 0 Å². The Labute approximate surface area is 63.0 Å². The molecule has 0 N–H and O–H groups in total. The first-order valence-electron chi connectivity index (χ1n) is 2.90. The summed E-state index contributed by atoms with van der Waals surface area (Å²) in [7, 11) is 2.33. The molecule has 0 aliphatic rings. The fourth-order valence-electron chi connectivity index (χ4n) is 0.431. The third-order valence-corrected chi connectivity index (χ3v) is 1.12. The molecule has 5 heteroatoms. The zero-order chi connectivity index (χ0) is 9.23. The Hall–Kier alpha value is -1.00. The summed E-state index contributed by atoms with van der Waals surface area (Å²) < 4.78 is 24.9. The van der Waals surface area contributed by atoms with Crippen molar-refractivity contribution in [1.29, 1.82) is 0 Å². The molecule has 0 fully saturated rings. The standard InChI is InChI=1S/C6H9F2NO2/c1-4(10)6(7,8)5(11)9(2)3/h1-3H3. The molecule has 0 heterocycles. The van der Waals surface area contributed by atoms with Crippen molar-refractivity contribution < 1.29 is 18.4 Å². The number of carbonyl (C=O) groups is 2. The van der Waals surface area contributed by atoms with E-state index < -0.39 is 17.6 Å². The van der Waals surface area contributed by atoms with E-state index in [2.05, 4.69) is 0 Å². The molecule has 0 aliphatic heterocycles. The van der Waals surface area contributed by atoms with Gasteiger partial charge in [0.15, 0.2) is 0 Å². The molecular weight excluding hydrogens is 156 g/mol. The van der Waals surface area contributed by atoms with Crippen LogP contribution >= 0.6 is 0 Å². The molecule has 0 aromatic heterocycles. The van der Waals surface area contributed by atoms with Crippen LogP contribution in [0.1, 0.15) is 6.92 Å². The van der Waals surface area contributed by atoms with Gasteiger partial charge in [0.2, 0.25) is 5.78 Å². The summed E-state index contributed by atoms with van der Waals surface area (Å²) in [5, 5.41) is 0. The fourth-order valence-corrected chi connectivity index (χ4v) is 0.431. The predicted molar refractivity (Wildman–Crippen MR) is 34.3 cm³/mol. The molecule has 0 aliphatic carbocycles. The minimum Gasteiger partial charge on any atom is -0.343 e. The van der Waals surface area contributed by atoms with Crippen molar-refractivity contribution in [3.8, 4) is 0 Å². The van der Waals surface area contributed by atoms with E-state index in [9.17, 15) is 18.4 Å². The Morgan fingerprint density at radius 1 is 1.27 bits per heavy atom. The lowest BCUT2D eigenvalue weighted by molar-refractivity contribution is -0.163. The Morgan fingerprint density at radius 2 is 1.64 bits per heavy atom. The minimum atomic E-state index is -3.87. The summed E-state index contributed by atoms with van der Waals surface area (Å²) in [5.41, 5.74) is 0. The summed E-state index contributed by atoms with van der Waals surface area (Å²) in [5.74, 6) is -6.79. The van der Waals surface area contributed by atoms with Gasteiger partial charge < -0.3 is 4.90 Å². The third kappa shape index (κ3) is 1.96. The Morgan fingerprint density at radius 3 is 1.73 bits per heavy atom. The molecule has 0 spiro atoms. The molecule has 11 heavy (non-hydrogen) atoms. The number of ketones is 1. The van der Waals surface area contributed by atoms with Crippen molar-refractivity contribution in [3.63, 3.8) is 0 Å². The number of Topliss-reactive ketones (excluding diaryl/α,β-unsaturated/α-hetero) is 1. The zero-order valence-corrected chi connectivity index (χ0v) is 6.52. The van der Waals surface area contributed by atoms with E-state index >= 15 is 0 Å². The summed E-state index contributed by atoms with van der Waals surface area (Å²) in [6.07, 6.45) is 0. The van der Waals surface area contributed by atoms with Crippen LogP contribution in [0.5, 0.6) is 0 Å². The average molecular weight is 165 g/mol. The summed E-state index contributed by atoms with van der Waals surface area (Å²) >= 11 is 0. The van der Waals surface area contributed by atoms with Crippen LogP contribution in [0, 0.1) is 0 Å². The summed E-state index contributed by atoms with van der Waals surface area (Å²) in [4.78, 5) is 21.5. The van der Waals surface area contributed by atoms with Gasteiger partial charge in [0, 0.05) is 21.0 Å². The van der Waals surface area contributed by atoms with Crippen LogP contribution in [-0.4, -0.2) is 36.6 Å². The number of nitrogens with zero attached hydrogens (tertiary/aromatic N) is 1. The highest BCUT2D eigenvalue weighted by atomic mass is 19.3. The monoisotopic (exact) mass is 165 g/mol. The quantitative estimate of drug-likeness (QED) is 0.552. The molecule has 0 aromatic rings. The van der Waals surface area contributed by atoms with Crippen molar-refractivity contribution in [2.75, 3.05) is 14.1 Å². The van der Waals surface area contributed by atoms with E-state index in [0.717, 1.165) is 0 Å². The number of halogens is 2. The number of hydrogen-bond donors (Lipinski definition) is 0. The van der Waals surface area contributed by atoms with Gasteiger partial charge in [-0.05, 0) is 0 Å². The van der Waals surface area contributed by atoms with Crippen LogP contribution in [0.2, 0.25) is 0 Å². The molecule has 0 saturated heterocycles. The number of hydrogen-bond acceptors (Lipinski definition) is 2. The highest BCUT2D eigenvalue weighted by molar-refractivity contribution is 6.06. The van der Waals surface area contributed by atoms with E-state index in [1.54, 1.807) is 0 Å². The maximum Gasteiger partial charge on any atom is 0.381 e. The average Bonchev–Trinajstić information content (AvgIpc) is 1.85. The van der Waals surface area contributed by atoms with Crippen molar-refractivity contribution in [2.24, 2.45) is 0 Å². The lowest BCUT2D eigenvalue weighted by Gasteiger charge is -2.16. The van der Waals surface area contributed by atoms with Crippen molar-refractivity contribution in [3.05, 3.63) is 0 Å². The highest BCUT2D eigenvalue weighted by Crippen LogP contribution is 2.16. The molecule has 0 aromatic carbocycles. The number of alkyl halides is 2. The van der Waals surface area contributed by atoms with Gasteiger partial charge in [0.1, 0.15) is 0 Å². The molecule has 3 nitrogen and oxygen atoms in total. The highest BCUT2D eigenvalue weighted by Gasteiger charge is 2.45. The first-order valence-corrected chi connectivity index (χ1v) is 2.90. The van der Waals surface area contributed by atoms with Crippen molar-refractivity contribution in [1.82, 2.24) is 4.90 Å². The number of rotatable bonds is 2. The topological polar surface area (TPSA) is 37.4 Å². The van der Waals surface area contributed by atoms with Gasteiger partial charge >= 0.3 is 11.8 Å². The van der Waals surface area contributed by atoms with Crippen LogP contribution in [0.4, 0.5) is 8.78 Å². The second kappa shape index (κ2) is 2.94. The van der Waals surface area contributed by atoms with Gasteiger partial charge in [0.25, 0.3) is 0 Å². The molecular formula is C6H9F2NO2. The molecule has 0 rings (SSSR count). The fraction of sp³-hybridized carbons (Fsp3) is 0.667. The van der Waals surface area contributed by atoms with Gasteiger partial charge in [0.05, 0.1) is 0 Å². The number of carbonyl (C=O) groups excluding carboxylic acids is 2. The summed E-state index contributed by atoms with van der Waals surface area (Å²) in [6, 6.07) is 0. The second-order valence-corrected chi connectivity index (χ2v) is 2.33. The Bertz CT molecular complexity index is 189. The van der Waals surface area contributed by atoms with Crippen LogP contribution in [0.3, 0.4) is 0 Å². The predicted octanol–water partition coefficient (Wildman–Crippen LogP) is 0.299. The van der Waals surface area contributed by atoms with Crippen molar-refractivity contribution in [2.45, 2.75) is 12.8 Å². The molecule has 0 bridgehead atoms. The van der Waals surface area contributed by atoms with Crippen LogP contribution in [-0.2, 0) is 9.59 Å². The largest absolute Gasteiger partial charge is 0.381 e. The van der Waals surface area contributed by atoms with E-state index in [4.69, 9.17) is 0 Å². The van der Waals surface area contributed by atoms with E-state index in [1.165, 1.54) is 14.1 Å².